The number of halogens is 1. The molecule has 1 atom stereocenters. The summed E-state index contributed by atoms with van der Waals surface area (Å²) in [5.41, 5.74) is 7.90. The molecular formula is C12H15FN2. The molecule has 0 aliphatic rings. The third kappa shape index (κ3) is 1.88. The largest absolute Gasteiger partial charge is 0.346 e. The van der Waals surface area contributed by atoms with Crippen LogP contribution in [0.25, 0.3) is 10.9 Å². The van der Waals surface area contributed by atoms with Gasteiger partial charge < -0.3 is 10.3 Å². The highest BCUT2D eigenvalue weighted by atomic mass is 19.1. The van der Waals surface area contributed by atoms with Crippen LogP contribution < -0.4 is 5.73 Å². The maximum Gasteiger partial charge on any atom is 0.123 e. The fourth-order valence-corrected chi connectivity index (χ4v) is 1.91. The van der Waals surface area contributed by atoms with E-state index in [1.807, 2.05) is 20.0 Å². The zero-order valence-electron chi connectivity index (χ0n) is 9.00. The van der Waals surface area contributed by atoms with Gasteiger partial charge >= 0.3 is 0 Å². The quantitative estimate of drug-likeness (QED) is 0.803. The summed E-state index contributed by atoms with van der Waals surface area (Å²) in [6.45, 7) is 4.71. The predicted molar refractivity (Wildman–Crippen MR) is 60.3 cm³/mol. The number of aromatic nitrogens is 1. The van der Waals surface area contributed by atoms with E-state index in [0.29, 0.717) is 0 Å². The highest BCUT2D eigenvalue weighted by Gasteiger charge is 2.07. The van der Waals surface area contributed by atoms with E-state index in [1.54, 1.807) is 12.1 Å². The van der Waals surface area contributed by atoms with Gasteiger partial charge in [-0.2, -0.15) is 0 Å². The number of nitrogens with two attached hydrogens (primary N) is 1. The molecule has 1 unspecified atom stereocenters. The van der Waals surface area contributed by atoms with Gasteiger partial charge in [-0.05, 0) is 37.6 Å². The minimum Gasteiger partial charge on any atom is -0.346 e. The van der Waals surface area contributed by atoms with Gasteiger partial charge in [0, 0.05) is 29.7 Å². The first-order valence-electron chi connectivity index (χ1n) is 5.08. The van der Waals surface area contributed by atoms with Crippen LogP contribution in [0.4, 0.5) is 4.39 Å². The molecule has 15 heavy (non-hydrogen) atoms. The van der Waals surface area contributed by atoms with Crippen molar-refractivity contribution >= 4 is 10.9 Å². The van der Waals surface area contributed by atoms with E-state index in [2.05, 4.69) is 4.57 Å². The van der Waals surface area contributed by atoms with Crippen LogP contribution in [0.3, 0.4) is 0 Å². The number of rotatable bonds is 2. The Balaban J connectivity index is 2.57. The fraction of sp³-hybridized carbons (Fsp3) is 0.333. The maximum atomic E-state index is 13.1. The number of hydrogen-bond acceptors (Lipinski definition) is 1. The zero-order valence-corrected chi connectivity index (χ0v) is 9.00. The molecule has 2 aromatic rings. The summed E-state index contributed by atoms with van der Waals surface area (Å²) in [5, 5.41) is 0.968. The molecule has 0 spiro atoms. The third-order valence-corrected chi connectivity index (χ3v) is 2.53. The summed E-state index contributed by atoms with van der Waals surface area (Å²) < 4.78 is 15.1. The first kappa shape index (κ1) is 10.2. The Labute approximate surface area is 88.5 Å². The fourth-order valence-electron chi connectivity index (χ4n) is 1.91. The van der Waals surface area contributed by atoms with E-state index in [-0.39, 0.29) is 11.9 Å². The van der Waals surface area contributed by atoms with Crippen LogP contribution >= 0.6 is 0 Å². The van der Waals surface area contributed by atoms with Gasteiger partial charge in [-0.15, -0.1) is 0 Å². The van der Waals surface area contributed by atoms with Gasteiger partial charge in [0.2, 0.25) is 0 Å². The average Bonchev–Trinajstić information content (AvgIpc) is 2.42. The van der Waals surface area contributed by atoms with Gasteiger partial charge in [0.1, 0.15) is 5.82 Å². The molecule has 2 N–H and O–H groups in total. The molecule has 0 radical (unpaired) electrons. The summed E-state index contributed by atoms with van der Waals surface area (Å²) in [6.07, 6.45) is 2.02. The second kappa shape index (κ2) is 3.66. The molecule has 0 amide bonds. The third-order valence-electron chi connectivity index (χ3n) is 2.53. The summed E-state index contributed by atoms with van der Waals surface area (Å²) >= 11 is 0. The molecule has 0 aliphatic heterocycles. The lowest BCUT2D eigenvalue weighted by molar-refractivity contribution is 0.604. The molecule has 1 heterocycles. The number of hydrogen-bond donors (Lipinski definition) is 1. The Bertz CT molecular complexity index is 486. The van der Waals surface area contributed by atoms with E-state index >= 15 is 0 Å². The standard InChI is InChI=1S/C12H15FN2/c1-8-6-15(7-9(2)14)12-4-3-10(13)5-11(8)12/h3-6,9H,7,14H2,1-2H3. The van der Waals surface area contributed by atoms with Crippen molar-refractivity contribution in [3.8, 4) is 0 Å². The van der Waals surface area contributed by atoms with E-state index < -0.39 is 0 Å². The second-order valence-corrected chi connectivity index (χ2v) is 4.10. The van der Waals surface area contributed by atoms with Crippen molar-refractivity contribution in [3.63, 3.8) is 0 Å². The molecule has 0 bridgehead atoms. The zero-order chi connectivity index (χ0) is 11.0. The summed E-state index contributed by atoms with van der Waals surface area (Å²) in [7, 11) is 0. The van der Waals surface area contributed by atoms with Gasteiger partial charge in [-0.3, -0.25) is 0 Å². The number of benzene rings is 1. The summed E-state index contributed by atoms with van der Waals surface area (Å²) in [5.74, 6) is -0.191. The second-order valence-electron chi connectivity index (χ2n) is 4.10. The molecule has 2 nitrogen and oxygen atoms in total. The molecule has 3 heteroatoms. The van der Waals surface area contributed by atoms with Crippen LogP contribution in [0.5, 0.6) is 0 Å². The van der Waals surface area contributed by atoms with Crippen molar-refractivity contribution < 1.29 is 4.39 Å². The van der Waals surface area contributed by atoms with Crippen LogP contribution in [0.1, 0.15) is 12.5 Å². The molecular weight excluding hydrogens is 191 g/mol. The molecule has 0 aliphatic carbocycles. The van der Waals surface area contributed by atoms with Crippen LogP contribution in [0, 0.1) is 12.7 Å². The van der Waals surface area contributed by atoms with Crippen molar-refractivity contribution in [2.75, 3.05) is 0 Å². The van der Waals surface area contributed by atoms with Crippen LogP contribution in [-0.2, 0) is 6.54 Å². The lowest BCUT2D eigenvalue weighted by atomic mass is 10.2. The van der Waals surface area contributed by atoms with Crippen molar-refractivity contribution in [2.24, 2.45) is 5.73 Å². The van der Waals surface area contributed by atoms with Gasteiger partial charge in [0.25, 0.3) is 0 Å². The van der Waals surface area contributed by atoms with Crippen LogP contribution in [0.15, 0.2) is 24.4 Å². The lowest BCUT2D eigenvalue weighted by Crippen LogP contribution is -2.21. The molecule has 2 rings (SSSR count). The smallest absolute Gasteiger partial charge is 0.123 e. The normalized spacial score (nSPS) is 13.3. The van der Waals surface area contributed by atoms with Crippen molar-refractivity contribution in [3.05, 3.63) is 35.8 Å². The topological polar surface area (TPSA) is 30.9 Å². The minimum atomic E-state index is -0.191. The van der Waals surface area contributed by atoms with Gasteiger partial charge in [0.05, 0.1) is 0 Å². The van der Waals surface area contributed by atoms with E-state index in [1.165, 1.54) is 6.07 Å². The van der Waals surface area contributed by atoms with Gasteiger partial charge in [-0.25, -0.2) is 4.39 Å². The number of nitrogens with zero attached hydrogens (tertiary/aromatic N) is 1. The molecule has 1 aromatic heterocycles. The Morgan fingerprint density at radius 1 is 1.47 bits per heavy atom. The van der Waals surface area contributed by atoms with Crippen LogP contribution in [0.2, 0.25) is 0 Å². The summed E-state index contributed by atoms with van der Waals surface area (Å²) in [4.78, 5) is 0. The molecule has 0 saturated heterocycles. The van der Waals surface area contributed by atoms with Crippen molar-refractivity contribution in [2.45, 2.75) is 26.4 Å². The van der Waals surface area contributed by atoms with Crippen molar-refractivity contribution in [1.29, 1.82) is 0 Å². The van der Waals surface area contributed by atoms with Crippen LogP contribution in [-0.4, -0.2) is 10.6 Å². The number of fused-ring (bicyclic) bond motifs is 1. The summed E-state index contributed by atoms with van der Waals surface area (Å²) in [6, 6.07) is 4.96. The Morgan fingerprint density at radius 3 is 2.87 bits per heavy atom. The Hall–Kier alpha value is -1.35. The molecule has 0 saturated carbocycles. The predicted octanol–water partition coefficient (Wildman–Crippen LogP) is 2.44. The monoisotopic (exact) mass is 206 g/mol. The lowest BCUT2D eigenvalue weighted by Gasteiger charge is -2.07. The Kier molecular flexibility index (Phi) is 2.49. The van der Waals surface area contributed by atoms with E-state index in [0.717, 1.165) is 23.0 Å². The highest BCUT2D eigenvalue weighted by Crippen LogP contribution is 2.21. The minimum absolute atomic E-state index is 0.102. The Morgan fingerprint density at radius 2 is 2.20 bits per heavy atom. The van der Waals surface area contributed by atoms with E-state index in [9.17, 15) is 4.39 Å². The molecule has 80 valence electrons. The van der Waals surface area contributed by atoms with E-state index in [4.69, 9.17) is 5.73 Å². The van der Waals surface area contributed by atoms with Gasteiger partial charge in [0.15, 0.2) is 0 Å². The van der Waals surface area contributed by atoms with Gasteiger partial charge in [-0.1, -0.05) is 0 Å². The first-order chi connectivity index (χ1) is 7.08. The maximum absolute atomic E-state index is 13.1. The average molecular weight is 206 g/mol. The molecule has 1 aromatic carbocycles. The molecule has 0 fully saturated rings. The number of aryl methyl sites for hydroxylation is 1. The highest BCUT2D eigenvalue weighted by molar-refractivity contribution is 5.83. The van der Waals surface area contributed by atoms with Crippen molar-refractivity contribution in [1.82, 2.24) is 4.57 Å². The first-order valence-corrected chi connectivity index (χ1v) is 5.08. The SMILES string of the molecule is Cc1cn(CC(C)N)c2ccc(F)cc12.